The Morgan fingerprint density at radius 2 is 1.97 bits per heavy atom. The van der Waals surface area contributed by atoms with Crippen LogP contribution in [0.3, 0.4) is 0 Å². The van der Waals surface area contributed by atoms with E-state index in [9.17, 15) is 4.79 Å². The first-order valence-electron chi connectivity index (χ1n) is 13.2. The minimum Gasteiger partial charge on any atom is -0.453 e. The minimum absolute atomic E-state index is 0.0487. The number of anilines is 2. The van der Waals surface area contributed by atoms with Gasteiger partial charge in [0.15, 0.2) is 17.1 Å². The van der Waals surface area contributed by atoms with Gasteiger partial charge in [-0.2, -0.15) is 5.10 Å². The number of rotatable bonds is 4. The highest BCUT2D eigenvalue weighted by molar-refractivity contribution is 6.07. The Morgan fingerprint density at radius 1 is 1.08 bits per heavy atom. The molecule has 194 valence electrons. The van der Waals surface area contributed by atoms with E-state index in [-0.39, 0.29) is 18.7 Å². The third-order valence-electron chi connectivity index (χ3n) is 7.80. The third-order valence-corrected chi connectivity index (χ3v) is 7.80. The van der Waals surface area contributed by atoms with Crippen molar-refractivity contribution >= 4 is 28.4 Å². The van der Waals surface area contributed by atoms with Crippen LogP contribution in [0, 0.1) is 0 Å². The highest BCUT2D eigenvalue weighted by atomic mass is 16.7. The molecule has 3 aliphatic rings. The van der Waals surface area contributed by atoms with Crippen molar-refractivity contribution in [3.05, 3.63) is 53.3 Å². The molecular formula is C28H29N7O3. The van der Waals surface area contributed by atoms with Crippen LogP contribution in [0.5, 0.6) is 11.5 Å². The van der Waals surface area contributed by atoms with Crippen LogP contribution in [0.4, 0.5) is 11.5 Å². The molecule has 1 atom stereocenters. The van der Waals surface area contributed by atoms with Gasteiger partial charge in [0.2, 0.25) is 6.79 Å². The summed E-state index contributed by atoms with van der Waals surface area (Å²) in [5.74, 6) is 1.22. The van der Waals surface area contributed by atoms with E-state index in [2.05, 4.69) is 26.7 Å². The summed E-state index contributed by atoms with van der Waals surface area (Å²) in [6.07, 6.45) is 7.73. The van der Waals surface area contributed by atoms with Gasteiger partial charge < -0.3 is 25.8 Å². The second-order valence-electron chi connectivity index (χ2n) is 10.1. The number of carbonyl (C=O) groups excluding carboxylic acids is 1. The molecule has 4 aromatic rings. The minimum atomic E-state index is -0.147. The normalized spacial score (nSPS) is 18.4. The van der Waals surface area contributed by atoms with Crippen LogP contribution < -0.4 is 25.8 Å². The average molecular weight is 512 g/mol. The van der Waals surface area contributed by atoms with E-state index >= 15 is 0 Å². The molecule has 4 N–H and O–H groups in total. The predicted molar refractivity (Wildman–Crippen MR) is 143 cm³/mol. The van der Waals surface area contributed by atoms with Gasteiger partial charge in [-0.1, -0.05) is 12.1 Å². The van der Waals surface area contributed by atoms with Gasteiger partial charge in [-0.25, -0.2) is 14.6 Å². The lowest BCUT2D eigenvalue weighted by atomic mass is 9.88. The molecule has 2 aliphatic heterocycles. The number of aromatic nitrogens is 4. The Balaban J connectivity index is 1.28. The van der Waals surface area contributed by atoms with Crippen molar-refractivity contribution in [3.8, 4) is 22.8 Å². The van der Waals surface area contributed by atoms with Gasteiger partial charge in [-0.3, -0.25) is 4.79 Å². The topological polar surface area (TPSA) is 129 Å². The number of carbonyl (C=O) groups is 1. The average Bonchev–Trinajstić information content (AvgIpc) is 3.60. The summed E-state index contributed by atoms with van der Waals surface area (Å²) in [5, 5.41) is 12.2. The van der Waals surface area contributed by atoms with Crippen LogP contribution in [0.2, 0.25) is 0 Å². The fourth-order valence-electron chi connectivity index (χ4n) is 5.95. The van der Waals surface area contributed by atoms with Gasteiger partial charge in [-0.05, 0) is 74.4 Å². The third kappa shape index (κ3) is 3.75. The number of nitrogens with two attached hydrogens (primary N) is 1. The molecule has 10 nitrogen and oxygen atoms in total. The van der Waals surface area contributed by atoms with Crippen molar-refractivity contribution < 1.29 is 14.3 Å². The zero-order valence-corrected chi connectivity index (χ0v) is 21.0. The van der Waals surface area contributed by atoms with Crippen molar-refractivity contribution in [3.63, 3.8) is 0 Å². The van der Waals surface area contributed by atoms with Crippen LogP contribution in [0.15, 0.2) is 36.7 Å². The van der Waals surface area contributed by atoms with Crippen LogP contribution in [-0.4, -0.2) is 45.5 Å². The first kappa shape index (κ1) is 23.0. The molecule has 1 saturated heterocycles. The van der Waals surface area contributed by atoms with E-state index in [1.54, 1.807) is 0 Å². The molecule has 2 aromatic carbocycles. The second kappa shape index (κ2) is 9.29. The molecule has 1 aliphatic carbocycles. The van der Waals surface area contributed by atoms with Gasteiger partial charge >= 0.3 is 0 Å². The lowest BCUT2D eigenvalue weighted by Gasteiger charge is -2.23. The van der Waals surface area contributed by atoms with Gasteiger partial charge in [-0.15, -0.1) is 0 Å². The lowest BCUT2D eigenvalue weighted by molar-refractivity contribution is 0.102. The van der Waals surface area contributed by atoms with Crippen molar-refractivity contribution in [2.75, 3.05) is 30.9 Å². The first-order chi connectivity index (χ1) is 18.7. The number of fused-ring (bicyclic) bond motifs is 3. The Hall–Kier alpha value is -4.18. The van der Waals surface area contributed by atoms with Crippen LogP contribution in [0.1, 0.15) is 53.2 Å². The van der Waals surface area contributed by atoms with Gasteiger partial charge in [0.05, 0.1) is 17.1 Å². The van der Waals surface area contributed by atoms with Crippen LogP contribution in [0.25, 0.3) is 22.3 Å². The molecule has 0 radical (unpaired) electrons. The van der Waals surface area contributed by atoms with Crippen molar-refractivity contribution in [2.24, 2.45) is 0 Å². The van der Waals surface area contributed by atoms with Gasteiger partial charge in [0.25, 0.3) is 5.91 Å². The summed E-state index contributed by atoms with van der Waals surface area (Å²) in [6.45, 7) is 1.86. The zero-order chi connectivity index (χ0) is 25.6. The van der Waals surface area contributed by atoms with E-state index in [0.29, 0.717) is 39.7 Å². The number of hydrogen-bond acceptors (Lipinski definition) is 8. The van der Waals surface area contributed by atoms with E-state index in [4.69, 9.17) is 20.3 Å². The number of amides is 1. The first-order valence-corrected chi connectivity index (χ1v) is 13.2. The van der Waals surface area contributed by atoms with Gasteiger partial charge in [0, 0.05) is 17.7 Å². The Morgan fingerprint density at radius 3 is 2.87 bits per heavy atom. The van der Waals surface area contributed by atoms with Crippen molar-refractivity contribution in [2.45, 2.75) is 44.6 Å². The Labute approximate surface area is 219 Å². The Kier molecular flexibility index (Phi) is 5.61. The highest BCUT2D eigenvalue weighted by Crippen LogP contribution is 2.48. The molecule has 7 rings (SSSR count). The number of nitrogens with zero attached hydrogens (tertiary/aromatic N) is 4. The molecule has 0 bridgehead atoms. The standard InChI is InChI=1S/C28H29N7O3/c29-26-22-23(34-35(27(22)32-14-31-26)17-7-4-12-30-13-17)20-10-11-21(25-24(20)37-15-38-25)33-28(36)19-9-3-6-16-5-1-2-8-18(16)19/h3,6,9-11,14,17,30H,1-2,4-5,7-8,12-13,15H2,(H,33,36)(H2,29,31,32)/t17-/m1/s1. The summed E-state index contributed by atoms with van der Waals surface area (Å²) in [4.78, 5) is 22.2. The maximum atomic E-state index is 13.4. The van der Waals surface area contributed by atoms with Crippen LogP contribution >= 0.6 is 0 Å². The summed E-state index contributed by atoms with van der Waals surface area (Å²) < 4.78 is 13.7. The number of hydrogen-bond donors (Lipinski definition) is 3. The maximum Gasteiger partial charge on any atom is 0.256 e. The second-order valence-corrected chi connectivity index (χ2v) is 10.1. The van der Waals surface area contributed by atoms with Crippen molar-refractivity contribution in [1.29, 1.82) is 0 Å². The summed E-state index contributed by atoms with van der Waals surface area (Å²) in [6, 6.07) is 9.87. The number of ether oxygens (including phenoxy) is 2. The number of piperidine rings is 1. The predicted octanol–water partition coefficient (Wildman–Crippen LogP) is 3.86. The molecular weight excluding hydrogens is 482 g/mol. The van der Waals surface area contributed by atoms with E-state index in [1.165, 1.54) is 11.9 Å². The fraction of sp³-hybridized carbons (Fsp3) is 0.357. The maximum absolute atomic E-state index is 13.4. The Bertz CT molecular complexity index is 1560. The molecule has 0 spiro atoms. The summed E-state index contributed by atoms with van der Waals surface area (Å²) >= 11 is 0. The highest BCUT2D eigenvalue weighted by Gasteiger charge is 2.30. The number of benzene rings is 2. The van der Waals surface area contributed by atoms with E-state index < -0.39 is 0 Å². The largest absolute Gasteiger partial charge is 0.453 e. The molecule has 4 heterocycles. The lowest BCUT2D eigenvalue weighted by Crippen LogP contribution is -2.32. The SMILES string of the molecule is Nc1ncnc2c1c(-c1ccc(NC(=O)c3cccc4c3CCCC4)c3c1OCO3)nn2[C@@H]1CCCNC1. The van der Waals surface area contributed by atoms with Crippen molar-refractivity contribution in [1.82, 2.24) is 25.1 Å². The number of nitrogens with one attached hydrogen (secondary N) is 2. The summed E-state index contributed by atoms with van der Waals surface area (Å²) in [7, 11) is 0. The quantitative estimate of drug-likeness (QED) is 0.377. The monoisotopic (exact) mass is 511 g/mol. The molecule has 1 amide bonds. The summed E-state index contributed by atoms with van der Waals surface area (Å²) in [5.41, 5.74) is 12.1. The molecule has 2 aromatic heterocycles. The smallest absolute Gasteiger partial charge is 0.256 e. The zero-order valence-electron chi connectivity index (χ0n) is 21.0. The van der Waals surface area contributed by atoms with E-state index in [1.807, 2.05) is 28.9 Å². The van der Waals surface area contributed by atoms with Crippen LogP contribution in [-0.2, 0) is 12.8 Å². The molecule has 0 saturated carbocycles. The fourth-order valence-corrected chi connectivity index (χ4v) is 5.95. The molecule has 1 fully saturated rings. The molecule has 0 unspecified atom stereocenters. The van der Waals surface area contributed by atoms with Gasteiger partial charge in [0.1, 0.15) is 17.8 Å². The van der Waals surface area contributed by atoms with E-state index in [0.717, 1.165) is 68.3 Å². The molecule has 10 heteroatoms. The number of aryl methyl sites for hydroxylation is 1. The number of nitrogen functional groups attached to an aromatic ring is 1. The molecule has 38 heavy (non-hydrogen) atoms.